The van der Waals surface area contributed by atoms with E-state index >= 15 is 0 Å². The zero-order valence-corrected chi connectivity index (χ0v) is 20.6. The standard InChI is InChI=1S/C27H22N6O3.ClH/c1-35-23-12-21-22(13-24(23)36-16-18-8-4-2-5-9-18)30-17-31-25(21)32-20-14-28-27(29-15-20)33-26(34)19-10-6-3-7-11-19;/h2-15,17H,16H2,1H3,(H,30,31,32)(H,28,29,33,34);1H. The third-order valence-corrected chi connectivity index (χ3v) is 5.33. The Balaban J connectivity index is 0.00000320. The van der Waals surface area contributed by atoms with Gasteiger partial charge in [0.05, 0.1) is 30.7 Å². The van der Waals surface area contributed by atoms with Gasteiger partial charge in [0.2, 0.25) is 5.95 Å². The first-order valence-electron chi connectivity index (χ1n) is 11.1. The van der Waals surface area contributed by atoms with Gasteiger partial charge in [0.25, 0.3) is 5.91 Å². The number of nitrogens with zero attached hydrogens (tertiary/aromatic N) is 4. The number of halogens is 1. The van der Waals surface area contributed by atoms with Crippen LogP contribution >= 0.6 is 12.4 Å². The van der Waals surface area contributed by atoms with Crippen LogP contribution in [0.2, 0.25) is 0 Å². The second-order valence-electron chi connectivity index (χ2n) is 7.76. The van der Waals surface area contributed by atoms with Crippen LogP contribution in [0.15, 0.2) is 91.5 Å². The zero-order valence-electron chi connectivity index (χ0n) is 19.8. The Hall–Kier alpha value is -4.76. The Morgan fingerprint density at radius 1 is 0.865 bits per heavy atom. The van der Waals surface area contributed by atoms with E-state index in [1.165, 1.54) is 6.33 Å². The summed E-state index contributed by atoms with van der Waals surface area (Å²) >= 11 is 0. The number of ether oxygens (including phenoxy) is 2. The van der Waals surface area contributed by atoms with Gasteiger partial charge in [0.15, 0.2) is 11.5 Å². The molecule has 0 atom stereocenters. The number of carbonyl (C=O) groups excluding carboxylic acids is 1. The van der Waals surface area contributed by atoms with Crippen LogP contribution in [0.4, 0.5) is 17.5 Å². The van der Waals surface area contributed by atoms with Gasteiger partial charge in [0.1, 0.15) is 18.8 Å². The Bertz CT molecular complexity index is 1490. The first-order valence-corrected chi connectivity index (χ1v) is 11.1. The van der Waals surface area contributed by atoms with Crippen molar-refractivity contribution < 1.29 is 14.3 Å². The largest absolute Gasteiger partial charge is 0.493 e. The van der Waals surface area contributed by atoms with Gasteiger partial charge < -0.3 is 14.8 Å². The van der Waals surface area contributed by atoms with Crippen LogP contribution in [0.5, 0.6) is 11.5 Å². The SMILES string of the molecule is COc1cc2c(Nc3cnc(NC(=O)c4ccccc4)nc3)ncnc2cc1OCc1ccccc1.Cl. The molecule has 9 nitrogen and oxygen atoms in total. The predicted octanol–water partition coefficient (Wildman–Crippen LogP) is 5.43. The number of aromatic nitrogens is 4. The number of hydrogen-bond donors (Lipinski definition) is 2. The minimum atomic E-state index is -0.282. The Morgan fingerprint density at radius 2 is 1.57 bits per heavy atom. The summed E-state index contributed by atoms with van der Waals surface area (Å²) in [5.41, 5.74) is 2.85. The fourth-order valence-electron chi connectivity index (χ4n) is 3.53. The average molecular weight is 515 g/mol. The Kier molecular flexibility index (Phi) is 8.07. The van der Waals surface area contributed by atoms with Gasteiger partial charge in [-0.05, 0) is 23.8 Å². The second-order valence-corrected chi connectivity index (χ2v) is 7.76. The summed E-state index contributed by atoms with van der Waals surface area (Å²) in [7, 11) is 1.59. The highest BCUT2D eigenvalue weighted by Gasteiger charge is 2.13. The summed E-state index contributed by atoms with van der Waals surface area (Å²) in [6.07, 6.45) is 4.60. The van der Waals surface area contributed by atoms with Crippen LogP contribution in [0.1, 0.15) is 15.9 Å². The summed E-state index contributed by atoms with van der Waals surface area (Å²) in [4.78, 5) is 29.5. The third kappa shape index (κ3) is 6.09. The van der Waals surface area contributed by atoms with Crippen LogP contribution in [0, 0.1) is 0 Å². The van der Waals surface area contributed by atoms with Gasteiger partial charge in [-0.2, -0.15) is 0 Å². The molecular weight excluding hydrogens is 492 g/mol. The molecule has 0 aliphatic rings. The molecule has 0 unspecified atom stereocenters. The van der Waals surface area contributed by atoms with E-state index in [-0.39, 0.29) is 24.3 Å². The molecule has 1 amide bonds. The van der Waals surface area contributed by atoms with E-state index < -0.39 is 0 Å². The van der Waals surface area contributed by atoms with E-state index in [1.54, 1.807) is 43.8 Å². The number of nitrogens with one attached hydrogen (secondary N) is 2. The molecule has 0 fully saturated rings. The topological polar surface area (TPSA) is 111 Å². The first-order chi connectivity index (χ1) is 17.7. The molecule has 10 heteroatoms. The fourth-order valence-corrected chi connectivity index (χ4v) is 3.53. The maximum atomic E-state index is 12.3. The van der Waals surface area contributed by atoms with Crippen molar-refractivity contribution in [3.63, 3.8) is 0 Å². The molecule has 0 spiro atoms. The van der Waals surface area contributed by atoms with Gasteiger partial charge in [-0.1, -0.05) is 48.5 Å². The maximum Gasteiger partial charge on any atom is 0.258 e. The van der Waals surface area contributed by atoms with E-state index in [0.29, 0.717) is 40.7 Å². The molecule has 0 aliphatic heterocycles. The zero-order chi connectivity index (χ0) is 24.7. The van der Waals surface area contributed by atoms with Gasteiger partial charge in [-0.3, -0.25) is 10.1 Å². The van der Waals surface area contributed by atoms with Crippen molar-refractivity contribution in [3.05, 3.63) is 103 Å². The number of rotatable bonds is 8. The fraction of sp³-hybridized carbons (Fsp3) is 0.0741. The molecule has 5 rings (SSSR count). The molecule has 186 valence electrons. The Morgan fingerprint density at radius 3 is 2.27 bits per heavy atom. The lowest BCUT2D eigenvalue weighted by Crippen LogP contribution is -2.14. The normalized spacial score (nSPS) is 10.3. The van der Waals surface area contributed by atoms with E-state index in [9.17, 15) is 4.79 Å². The lowest BCUT2D eigenvalue weighted by molar-refractivity contribution is 0.102. The molecule has 2 aromatic heterocycles. The van der Waals surface area contributed by atoms with Crippen molar-refractivity contribution in [2.24, 2.45) is 0 Å². The van der Waals surface area contributed by atoms with Crippen molar-refractivity contribution in [3.8, 4) is 11.5 Å². The highest BCUT2D eigenvalue weighted by molar-refractivity contribution is 6.03. The number of hydrogen-bond acceptors (Lipinski definition) is 8. The van der Waals surface area contributed by atoms with Crippen LogP contribution < -0.4 is 20.1 Å². The summed E-state index contributed by atoms with van der Waals surface area (Å²) in [6, 6.07) is 22.4. The highest BCUT2D eigenvalue weighted by atomic mass is 35.5. The third-order valence-electron chi connectivity index (χ3n) is 5.33. The molecule has 0 aliphatic carbocycles. The molecule has 37 heavy (non-hydrogen) atoms. The summed E-state index contributed by atoms with van der Waals surface area (Å²) in [5.74, 6) is 1.61. The molecule has 2 heterocycles. The van der Waals surface area contributed by atoms with E-state index in [2.05, 4.69) is 30.6 Å². The molecular formula is C27H23ClN6O3. The first kappa shape index (κ1) is 25.3. The monoisotopic (exact) mass is 514 g/mol. The predicted molar refractivity (Wildman–Crippen MR) is 144 cm³/mol. The summed E-state index contributed by atoms with van der Waals surface area (Å²) in [6.45, 7) is 0.406. The van der Waals surface area contributed by atoms with Crippen LogP contribution in [0.3, 0.4) is 0 Å². The second kappa shape index (κ2) is 11.8. The summed E-state index contributed by atoms with van der Waals surface area (Å²) < 4.78 is 11.6. The lowest BCUT2D eigenvalue weighted by atomic mass is 10.2. The Labute approximate surface area is 219 Å². The van der Waals surface area contributed by atoms with E-state index in [0.717, 1.165) is 10.9 Å². The van der Waals surface area contributed by atoms with E-state index in [1.807, 2.05) is 48.5 Å². The van der Waals surface area contributed by atoms with Gasteiger partial charge in [-0.25, -0.2) is 19.9 Å². The van der Waals surface area contributed by atoms with Gasteiger partial charge in [-0.15, -0.1) is 12.4 Å². The molecule has 0 saturated carbocycles. The minimum absolute atomic E-state index is 0. The van der Waals surface area contributed by atoms with Crippen molar-refractivity contribution in [1.82, 2.24) is 19.9 Å². The number of fused-ring (bicyclic) bond motifs is 1. The van der Waals surface area contributed by atoms with Gasteiger partial charge in [0, 0.05) is 17.0 Å². The number of methoxy groups -OCH3 is 1. The molecule has 5 aromatic rings. The number of amides is 1. The quantitative estimate of drug-likeness (QED) is 0.282. The van der Waals surface area contributed by atoms with Crippen LogP contribution in [-0.2, 0) is 6.61 Å². The van der Waals surface area contributed by atoms with Gasteiger partial charge >= 0.3 is 0 Å². The average Bonchev–Trinajstić information content (AvgIpc) is 2.93. The van der Waals surface area contributed by atoms with Crippen LogP contribution in [-0.4, -0.2) is 33.0 Å². The molecule has 0 bridgehead atoms. The summed E-state index contributed by atoms with van der Waals surface area (Å²) in [5, 5.41) is 6.62. The molecule has 0 radical (unpaired) electrons. The molecule has 2 N–H and O–H groups in total. The highest BCUT2D eigenvalue weighted by Crippen LogP contribution is 2.35. The van der Waals surface area contributed by atoms with Crippen molar-refractivity contribution in [2.75, 3.05) is 17.7 Å². The van der Waals surface area contributed by atoms with Crippen molar-refractivity contribution in [1.29, 1.82) is 0 Å². The number of carbonyl (C=O) groups is 1. The maximum absolute atomic E-state index is 12.3. The van der Waals surface area contributed by atoms with Crippen molar-refractivity contribution >= 4 is 46.7 Å². The lowest BCUT2D eigenvalue weighted by Gasteiger charge is -2.14. The smallest absolute Gasteiger partial charge is 0.258 e. The number of anilines is 3. The minimum Gasteiger partial charge on any atom is -0.493 e. The van der Waals surface area contributed by atoms with E-state index in [4.69, 9.17) is 9.47 Å². The van der Waals surface area contributed by atoms with Crippen LogP contribution in [0.25, 0.3) is 10.9 Å². The molecule has 0 saturated heterocycles. The number of benzene rings is 3. The molecule has 3 aromatic carbocycles. The van der Waals surface area contributed by atoms with Crippen molar-refractivity contribution in [2.45, 2.75) is 6.61 Å².